The van der Waals surface area contributed by atoms with Crippen LogP contribution in [0.5, 0.6) is 5.75 Å². The number of aromatic nitrogens is 1. The monoisotopic (exact) mass is 362 g/mol. The van der Waals surface area contributed by atoms with Gasteiger partial charge in [-0.1, -0.05) is 6.07 Å². The predicted molar refractivity (Wildman–Crippen MR) is 92.0 cm³/mol. The van der Waals surface area contributed by atoms with E-state index < -0.39 is 17.2 Å². The van der Waals surface area contributed by atoms with Crippen molar-refractivity contribution < 1.29 is 18.7 Å². The lowest BCUT2D eigenvalue weighted by atomic mass is 9.91. The molecule has 5 nitrogen and oxygen atoms in total. The van der Waals surface area contributed by atoms with Gasteiger partial charge in [-0.05, 0) is 49.3 Å². The number of hydrogen-bond acceptors (Lipinski definition) is 3. The van der Waals surface area contributed by atoms with Crippen LogP contribution >= 0.6 is 0 Å². The Bertz CT molecular complexity index is 866. The maximum Gasteiger partial charge on any atom is 0.259 e. The van der Waals surface area contributed by atoms with Crippen LogP contribution in [0.4, 0.5) is 8.78 Å². The molecule has 138 valence electrons. The van der Waals surface area contributed by atoms with Gasteiger partial charge in [-0.15, -0.1) is 0 Å². The van der Waals surface area contributed by atoms with E-state index in [2.05, 4.69) is 4.98 Å². The summed E-state index contributed by atoms with van der Waals surface area (Å²) in [6.07, 6.45) is 4.37. The lowest BCUT2D eigenvalue weighted by molar-refractivity contribution is 0.0665. The molecule has 26 heavy (non-hydrogen) atoms. The molecule has 1 saturated heterocycles. The van der Waals surface area contributed by atoms with Crippen LogP contribution < -0.4 is 5.56 Å². The predicted octanol–water partition coefficient (Wildman–Crippen LogP) is 2.84. The van der Waals surface area contributed by atoms with E-state index >= 15 is 0 Å². The molecule has 1 fully saturated rings. The maximum absolute atomic E-state index is 13.3. The molecule has 0 saturated carbocycles. The Balaban J connectivity index is 1.62. The minimum absolute atomic E-state index is 0.0749. The first-order valence-electron chi connectivity index (χ1n) is 8.59. The van der Waals surface area contributed by atoms with E-state index in [1.54, 1.807) is 11.0 Å². The fourth-order valence-electron chi connectivity index (χ4n) is 3.35. The number of H-pyrrole nitrogens is 1. The van der Waals surface area contributed by atoms with E-state index in [1.807, 2.05) is 0 Å². The fraction of sp³-hybridized carbons (Fsp3) is 0.368. The van der Waals surface area contributed by atoms with Gasteiger partial charge in [-0.3, -0.25) is 9.59 Å². The zero-order valence-electron chi connectivity index (χ0n) is 14.2. The number of aromatic amines is 1. The smallest absolute Gasteiger partial charge is 0.259 e. The zero-order valence-corrected chi connectivity index (χ0v) is 14.2. The summed E-state index contributed by atoms with van der Waals surface area (Å²) in [7, 11) is 0. The van der Waals surface area contributed by atoms with Gasteiger partial charge in [-0.2, -0.15) is 0 Å². The van der Waals surface area contributed by atoms with Crippen LogP contribution in [0.15, 0.2) is 35.3 Å². The van der Waals surface area contributed by atoms with Gasteiger partial charge < -0.3 is 15.0 Å². The molecule has 0 aliphatic carbocycles. The first-order chi connectivity index (χ1) is 12.4. The number of nitrogens with one attached hydrogen (secondary N) is 1. The quantitative estimate of drug-likeness (QED) is 0.878. The molecule has 1 aliphatic heterocycles. The summed E-state index contributed by atoms with van der Waals surface area (Å²) < 4.78 is 26.3. The Morgan fingerprint density at radius 2 is 2.08 bits per heavy atom. The van der Waals surface area contributed by atoms with Crippen LogP contribution in [0.3, 0.4) is 0 Å². The molecule has 2 N–H and O–H groups in total. The average molecular weight is 362 g/mol. The number of halogens is 2. The molecule has 1 atom stereocenters. The molecule has 2 heterocycles. The second-order valence-corrected chi connectivity index (χ2v) is 6.64. The second-order valence-electron chi connectivity index (χ2n) is 6.64. The molecular weight excluding hydrogens is 342 g/mol. The number of carbonyl (C=O) groups is 1. The Hall–Kier alpha value is -2.70. The summed E-state index contributed by atoms with van der Waals surface area (Å²) in [6.45, 7) is 1.11. The van der Waals surface area contributed by atoms with E-state index in [0.29, 0.717) is 19.5 Å². The number of piperidine rings is 1. The van der Waals surface area contributed by atoms with Gasteiger partial charge in [0.15, 0.2) is 11.6 Å². The van der Waals surface area contributed by atoms with Gasteiger partial charge >= 0.3 is 0 Å². The van der Waals surface area contributed by atoms with Crippen LogP contribution in [-0.4, -0.2) is 34.0 Å². The SMILES string of the molecule is O=C(c1c[nH]c(=O)cc1O)N1CCC[C@@H](CCc2ccc(F)c(F)c2)C1. The number of aryl methyl sites for hydroxylation is 1. The Kier molecular flexibility index (Phi) is 5.35. The van der Waals surface area contributed by atoms with Crippen molar-refractivity contribution in [2.24, 2.45) is 5.92 Å². The number of aromatic hydroxyl groups is 1. The third-order valence-electron chi connectivity index (χ3n) is 4.76. The van der Waals surface area contributed by atoms with Crippen LogP contribution in [0, 0.1) is 17.6 Å². The molecule has 1 amide bonds. The van der Waals surface area contributed by atoms with Crippen molar-refractivity contribution in [2.45, 2.75) is 25.7 Å². The topological polar surface area (TPSA) is 73.4 Å². The number of carbonyl (C=O) groups excluding carboxylic acids is 1. The lowest BCUT2D eigenvalue weighted by Gasteiger charge is -2.33. The second kappa shape index (κ2) is 7.68. The third kappa shape index (κ3) is 4.09. The Labute approximate surface area is 149 Å². The summed E-state index contributed by atoms with van der Waals surface area (Å²) in [5, 5.41) is 9.83. The fourth-order valence-corrected chi connectivity index (χ4v) is 3.35. The molecule has 2 aromatic rings. The van der Waals surface area contributed by atoms with Crippen molar-refractivity contribution in [3.63, 3.8) is 0 Å². The third-order valence-corrected chi connectivity index (χ3v) is 4.76. The Morgan fingerprint density at radius 3 is 2.81 bits per heavy atom. The van der Waals surface area contributed by atoms with Gasteiger partial charge in [0.05, 0.1) is 5.56 Å². The molecule has 3 rings (SSSR count). The van der Waals surface area contributed by atoms with Gasteiger partial charge in [0.2, 0.25) is 0 Å². The minimum atomic E-state index is -0.858. The molecule has 0 unspecified atom stereocenters. The molecule has 0 radical (unpaired) electrons. The first-order valence-corrected chi connectivity index (χ1v) is 8.59. The Morgan fingerprint density at radius 1 is 1.27 bits per heavy atom. The number of hydrogen-bond donors (Lipinski definition) is 2. The van der Waals surface area contributed by atoms with E-state index in [-0.39, 0.29) is 23.1 Å². The highest BCUT2D eigenvalue weighted by Crippen LogP contribution is 2.25. The van der Waals surface area contributed by atoms with Gasteiger partial charge in [0.25, 0.3) is 11.5 Å². The van der Waals surface area contributed by atoms with Crippen molar-refractivity contribution in [3.05, 3.63) is 63.6 Å². The van der Waals surface area contributed by atoms with Crippen LogP contribution in [0.25, 0.3) is 0 Å². The van der Waals surface area contributed by atoms with Crippen molar-refractivity contribution in [1.29, 1.82) is 0 Å². The molecular formula is C19H20F2N2O3. The zero-order chi connectivity index (χ0) is 18.7. The number of pyridine rings is 1. The van der Waals surface area contributed by atoms with Crippen LogP contribution in [0.1, 0.15) is 35.2 Å². The van der Waals surface area contributed by atoms with Crippen LogP contribution in [0.2, 0.25) is 0 Å². The highest BCUT2D eigenvalue weighted by Gasteiger charge is 2.26. The summed E-state index contributed by atoms with van der Waals surface area (Å²) in [6, 6.07) is 4.89. The van der Waals surface area contributed by atoms with E-state index in [9.17, 15) is 23.5 Å². The van der Waals surface area contributed by atoms with Gasteiger partial charge in [-0.25, -0.2) is 8.78 Å². The average Bonchev–Trinajstić information content (AvgIpc) is 2.62. The van der Waals surface area contributed by atoms with E-state index in [1.165, 1.54) is 12.3 Å². The molecule has 1 aromatic carbocycles. The van der Waals surface area contributed by atoms with Crippen LogP contribution in [-0.2, 0) is 6.42 Å². The highest BCUT2D eigenvalue weighted by molar-refractivity contribution is 5.96. The van der Waals surface area contributed by atoms with Gasteiger partial charge in [0, 0.05) is 25.4 Å². The van der Waals surface area contributed by atoms with Crippen molar-refractivity contribution in [3.8, 4) is 5.75 Å². The number of rotatable bonds is 4. The number of likely N-dealkylation sites (tertiary alicyclic amines) is 1. The summed E-state index contributed by atoms with van der Waals surface area (Å²) in [5.41, 5.74) is 0.332. The summed E-state index contributed by atoms with van der Waals surface area (Å²) >= 11 is 0. The number of benzene rings is 1. The highest BCUT2D eigenvalue weighted by atomic mass is 19.2. The van der Waals surface area contributed by atoms with E-state index in [4.69, 9.17) is 0 Å². The summed E-state index contributed by atoms with van der Waals surface area (Å²) in [5.74, 6) is -2.12. The standard InChI is InChI=1S/C19H20F2N2O3/c20-15-6-5-12(8-16(15)21)3-4-13-2-1-7-23(11-13)19(26)14-10-22-18(25)9-17(14)24/h5-6,8-10,13H,1-4,7,11H2,(H2,22,24,25)/t13-/m0/s1. The van der Waals surface area contributed by atoms with Crippen molar-refractivity contribution in [1.82, 2.24) is 9.88 Å². The largest absolute Gasteiger partial charge is 0.507 e. The number of amides is 1. The molecule has 0 bridgehead atoms. The van der Waals surface area contributed by atoms with Gasteiger partial charge in [0.1, 0.15) is 5.75 Å². The summed E-state index contributed by atoms with van der Waals surface area (Å²) in [4.78, 5) is 27.8. The van der Waals surface area contributed by atoms with Crippen molar-refractivity contribution in [2.75, 3.05) is 13.1 Å². The molecule has 1 aromatic heterocycles. The minimum Gasteiger partial charge on any atom is -0.507 e. The normalized spacial score (nSPS) is 17.3. The van der Waals surface area contributed by atoms with E-state index in [0.717, 1.165) is 37.0 Å². The lowest BCUT2D eigenvalue weighted by Crippen LogP contribution is -2.40. The molecule has 1 aliphatic rings. The molecule has 7 heteroatoms. The molecule has 0 spiro atoms. The number of nitrogens with zero attached hydrogens (tertiary/aromatic N) is 1. The maximum atomic E-state index is 13.3. The first kappa shape index (κ1) is 18.1. The van der Waals surface area contributed by atoms with Crippen molar-refractivity contribution >= 4 is 5.91 Å².